The number of H-pyrrole nitrogens is 1. The minimum atomic E-state index is -0.507. The summed E-state index contributed by atoms with van der Waals surface area (Å²) in [4.78, 5) is 25.1. The Morgan fingerprint density at radius 3 is 2.73 bits per heavy atom. The summed E-state index contributed by atoms with van der Waals surface area (Å²) in [6.45, 7) is 0.766. The summed E-state index contributed by atoms with van der Waals surface area (Å²) in [5.41, 5.74) is 5.79. The van der Waals surface area contributed by atoms with Crippen LogP contribution >= 0.6 is 0 Å². The maximum absolute atomic E-state index is 11.4. The summed E-state index contributed by atoms with van der Waals surface area (Å²) >= 11 is 0. The minimum Gasteiger partial charge on any atom is -0.464 e. The number of aromatic nitrogens is 1. The number of aromatic amines is 1. The zero-order valence-electron chi connectivity index (χ0n) is 8.37. The molecule has 0 atom stereocenters. The van der Waals surface area contributed by atoms with Crippen molar-refractivity contribution in [2.75, 3.05) is 20.2 Å². The van der Waals surface area contributed by atoms with Gasteiger partial charge in [0.25, 0.3) is 5.91 Å². The molecule has 6 nitrogen and oxygen atoms in total. The van der Waals surface area contributed by atoms with Crippen LogP contribution in [0.2, 0.25) is 0 Å². The van der Waals surface area contributed by atoms with Gasteiger partial charge in [-0.3, -0.25) is 4.79 Å². The van der Waals surface area contributed by atoms with Gasteiger partial charge in [0.1, 0.15) is 11.4 Å². The first-order chi connectivity index (χ1) is 7.19. The largest absolute Gasteiger partial charge is 0.464 e. The molecule has 1 heterocycles. The number of carbonyl (C=O) groups excluding carboxylic acids is 2. The van der Waals surface area contributed by atoms with Crippen molar-refractivity contribution in [3.05, 3.63) is 23.5 Å². The van der Waals surface area contributed by atoms with Crippen LogP contribution in [-0.2, 0) is 4.74 Å². The predicted molar refractivity (Wildman–Crippen MR) is 53.5 cm³/mol. The number of amides is 1. The number of ether oxygens (including phenoxy) is 1. The molecule has 15 heavy (non-hydrogen) atoms. The molecule has 0 unspecified atom stereocenters. The van der Waals surface area contributed by atoms with Crippen molar-refractivity contribution in [3.63, 3.8) is 0 Å². The highest BCUT2D eigenvalue weighted by atomic mass is 16.5. The van der Waals surface area contributed by atoms with Gasteiger partial charge in [0.2, 0.25) is 0 Å². The molecular formula is C9H13N3O3. The maximum atomic E-state index is 11.4. The van der Waals surface area contributed by atoms with E-state index in [2.05, 4.69) is 15.0 Å². The van der Waals surface area contributed by atoms with Gasteiger partial charge >= 0.3 is 5.97 Å². The molecule has 1 aromatic rings. The van der Waals surface area contributed by atoms with Gasteiger partial charge in [-0.1, -0.05) is 0 Å². The molecule has 0 aliphatic carbocycles. The fourth-order valence-electron chi connectivity index (χ4n) is 1.04. The van der Waals surface area contributed by atoms with E-state index in [1.807, 2.05) is 0 Å². The van der Waals surface area contributed by atoms with Crippen LogP contribution in [0.25, 0.3) is 0 Å². The molecule has 0 fully saturated rings. The number of hydrogen-bond donors (Lipinski definition) is 3. The van der Waals surface area contributed by atoms with Gasteiger partial charge in [0.05, 0.1) is 7.11 Å². The first-order valence-electron chi connectivity index (χ1n) is 4.44. The highest BCUT2D eigenvalue weighted by molar-refractivity contribution is 5.95. The van der Waals surface area contributed by atoms with Crippen LogP contribution in [-0.4, -0.2) is 37.1 Å². The highest BCUT2D eigenvalue weighted by Crippen LogP contribution is 2.02. The second kappa shape index (κ2) is 5.16. The van der Waals surface area contributed by atoms with Gasteiger partial charge in [-0.05, 0) is 12.1 Å². The molecule has 0 aromatic carbocycles. The lowest BCUT2D eigenvalue weighted by molar-refractivity contribution is 0.0595. The van der Waals surface area contributed by atoms with E-state index in [4.69, 9.17) is 5.73 Å². The molecule has 0 saturated carbocycles. The van der Waals surface area contributed by atoms with Crippen molar-refractivity contribution in [3.8, 4) is 0 Å². The monoisotopic (exact) mass is 211 g/mol. The summed E-state index contributed by atoms with van der Waals surface area (Å²) in [6.07, 6.45) is 0. The molecule has 1 aromatic heterocycles. The van der Waals surface area contributed by atoms with E-state index < -0.39 is 5.97 Å². The normalized spacial score (nSPS) is 9.73. The Bertz CT molecular complexity index is 359. The first-order valence-corrected chi connectivity index (χ1v) is 4.44. The fourth-order valence-corrected chi connectivity index (χ4v) is 1.04. The molecule has 4 N–H and O–H groups in total. The number of rotatable bonds is 4. The van der Waals surface area contributed by atoms with Crippen LogP contribution in [0.3, 0.4) is 0 Å². The lowest BCUT2D eigenvalue weighted by atomic mass is 10.4. The zero-order chi connectivity index (χ0) is 11.3. The van der Waals surface area contributed by atoms with Gasteiger partial charge in [0, 0.05) is 13.1 Å². The molecule has 82 valence electrons. The second-order valence-electron chi connectivity index (χ2n) is 2.82. The third kappa shape index (κ3) is 2.81. The summed E-state index contributed by atoms with van der Waals surface area (Å²) < 4.78 is 4.49. The molecule has 0 aliphatic heterocycles. The third-order valence-electron chi connectivity index (χ3n) is 1.77. The molecule has 1 amide bonds. The van der Waals surface area contributed by atoms with Crippen molar-refractivity contribution in [2.24, 2.45) is 5.73 Å². The minimum absolute atomic E-state index is 0.246. The van der Waals surface area contributed by atoms with Crippen molar-refractivity contribution in [2.45, 2.75) is 0 Å². The topological polar surface area (TPSA) is 97.2 Å². The summed E-state index contributed by atoms with van der Waals surface area (Å²) in [5.74, 6) is -0.802. The number of nitrogens with one attached hydrogen (secondary N) is 2. The number of carbonyl (C=O) groups is 2. The lowest BCUT2D eigenvalue weighted by Crippen LogP contribution is -2.29. The number of nitrogens with two attached hydrogens (primary N) is 1. The van der Waals surface area contributed by atoms with Crippen LogP contribution in [0.15, 0.2) is 12.1 Å². The third-order valence-corrected chi connectivity index (χ3v) is 1.77. The van der Waals surface area contributed by atoms with E-state index in [1.54, 1.807) is 0 Å². The zero-order valence-corrected chi connectivity index (χ0v) is 8.37. The van der Waals surface area contributed by atoms with Gasteiger partial charge in [-0.15, -0.1) is 0 Å². The highest BCUT2D eigenvalue weighted by Gasteiger charge is 2.11. The Hall–Kier alpha value is -1.82. The van der Waals surface area contributed by atoms with Crippen LogP contribution in [0.4, 0.5) is 0 Å². The molecule has 0 spiro atoms. The fraction of sp³-hybridized carbons (Fsp3) is 0.333. The molecule has 0 bridgehead atoms. The Kier molecular flexibility index (Phi) is 3.87. The Balaban J connectivity index is 2.67. The van der Waals surface area contributed by atoms with E-state index in [-0.39, 0.29) is 11.6 Å². The average molecular weight is 211 g/mol. The van der Waals surface area contributed by atoms with E-state index in [0.29, 0.717) is 18.8 Å². The Morgan fingerprint density at radius 2 is 2.13 bits per heavy atom. The smallest absolute Gasteiger partial charge is 0.354 e. The molecule has 1 rings (SSSR count). The van der Waals surface area contributed by atoms with E-state index in [9.17, 15) is 9.59 Å². The maximum Gasteiger partial charge on any atom is 0.354 e. The molecular weight excluding hydrogens is 198 g/mol. The average Bonchev–Trinajstić information content (AvgIpc) is 2.74. The van der Waals surface area contributed by atoms with Crippen LogP contribution in [0, 0.1) is 0 Å². The van der Waals surface area contributed by atoms with E-state index >= 15 is 0 Å². The first kappa shape index (κ1) is 11.3. The number of hydrogen-bond acceptors (Lipinski definition) is 4. The number of methoxy groups -OCH3 is 1. The second-order valence-corrected chi connectivity index (χ2v) is 2.82. The molecule has 0 radical (unpaired) electrons. The van der Waals surface area contributed by atoms with E-state index in [0.717, 1.165) is 0 Å². The number of esters is 1. The Morgan fingerprint density at radius 1 is 1.47 bits per heavy atom. The van der Waals surface area contributed by atoms with Crippen molar-refractivity contribution in [1.29, 1.82) is 0 Å². The van der Waals surface area contributed by atoms with Gasteiger partial charge < -0.3 is 20.8 Å². The van der Waals surface area contributed by atoms with Crippen molar-refractivity contribution >= 4 is 11.9 Å². The lowest BCUT2D eigenvalue weighted by Gasteiger charge is -2.00. The quantitative estimate of drug-likeness (QED) is 0.584. The molecule has 0 saturated heterocycles. The summed E-state index contributed by atoms with van der Waals surface area (Å²) in [5, 5.41) is 2.57. The van der Waals surface area contributed by atoms with Crippen LogP contribution in [0.5, 0.6) is 0 Å². The summed E-state index contributed by atoms with van der Waals surface area (Å²) in [7, 11) is 1.28. The van der Waals surface area contributed by atoms with Gasteiger partial charge in [-0.25, -0.2) is 4.79 Å². The SMILES string of the molecule is COC(=O)c1ccc(C(=O)NCCN)[nH]1. The van der Waals surface area contributed by atoms with E-state index in [1.165, 1.54) is 19.2 Å². The summed E-state index contributed by atoms with van der Waals surface area (Å²) in [6, 6.07) is 3.00. The predicted octanol–water partition coefficient (Wildman–Crippen LogP) is -0.510. The molecule has 6 heteroatoms. The standard InChI is InChI=1S/C9H13N3O3/c1-15-9(14)7-3-2-6(12-7)8(13)11-5-4-10/h2-3,12H,4-5,10H2,1H3,(H,11,13). The van der Waals surface area contributed by atoms with Crippen LogP contribution in [0.1, 0.15) is 21.0 Å². The van der Waals surface area contributed by atoms with Crippen LogP contribution < -0.4 is 11.1 Å². The molecule has 0 aliphatic rings. The Labute approximate surface area is 86.8 Å². The van der Waals surface area contributed by atoms with Gasteiger partial charge in [0.15, 0.2) is 0 Å². The van der Waals surface area contributed by atoms with Crippen molar-refractivity contribution in [1.82, 2.24) is 10.3 Å². The van der Waals surface area contributed by atoms with Crippen molar-refractivity contribution < 1.29 is 14.3 Å². The van der Waals surface area contributed by atoms with Gasteiger partial charge in [-0.2, -0.15) is 0 Å².